The smallest absolute Gasteiger partial charge is 0.363 e. The summed E-state index contributed by atoms with van der Waals surface area (Å²) in [6, 6.07) is 3.86. The molecule has 0 unspecified atom stereocenters. The molecule has 0 amide bonds. The molecule has 190 valence electrons. The molecule has 1 atom stereocenters. The molecule has 12 heteroatoms. The van der Waals surface area contributed by atoms with E-state index >= 15 is 0 Å². The Morgan fingerprint density at radius 3 is 2.31 bits per heavy atom. The van der Waals surface area contributed by atoms with E-state index in [2.05, 4.69) is 20.1 Å². The highest BCUT2D eigenvalue weighted by Gasteiger charge is 2.33. The van der Waals surface area contributed by atoms with Crippen LogP contribution in [0.1, 0.15) is 49.8 Å². The minimum absolute atomic E-state index is 0.139. The van der Waals surface area contributed by atoms with Crippen LogP contribution in [-0.2, 0) is 6.18 Å². The highest BCUT2D eigenvalue weighted by molar-refractivity contribution is 5.91. The van der Waals surface area contributed by atoms with Gasteiger partial charge < -0.3 is 15.1 Å². The summed E-state index contributed by atoms with van der Waals surface area (Å²) in [7, 11) is 0. The minimum atomic E-state index is -4.71. The molecule has 2 aromatic heterocycles. The van der Waals surface area contributed by atoms with Crippen molar-refractivity contribution in [3.05, 3.63) is 51.7 Å². The normalized spacial score (nSPS) is 17.1. The lowest BCUT2D eigenvalue weighted by atomic mass is 10.0. The van der Waals surface area contributed by atoms with Crippen LogP contribution in [0.25, 0.3) is 10.9 Å². The molecule has 0 spiro atoms. The van der Waals surface area contributed by atoms with Crippen LogP contribution in [0.5, 0.6) is 0 Å². The van der Waals surface area contributed by atoms with Crippen molar-refractivity contribution in [3.8, 4) is 0 Å². The van der Waals surface area contributed by atoms with E-state index in [1.54, 1.807) is 13.1 Å². The van der Waals surface area contributed by atoms with Crippen molar-refractivity contribution in [1.29, 1.82) is 0 Å². The van der Waals surface area contributed by atoms with Gasteiger partial charge in [0.1, 0.15) is 11.6 Å². The Bertz CT molecular complexity index is 1290. The van der Waals surface area contributed by atoms with Gasteiger partial charge >= 0.3 is 6.18 Å². The van der Waals surface area contributed by atoms with Gasteiger partial charge in [-0.1, -0.05) is 0 Å². The van der Waals surface area contributed by atoms with Gasteiger partial charge in [-0.2, -0.15) is 18.2 Å². The molecular weight excluding hydrogens is 475 g/mol. The largest absolute Gasteiger partial charge is 0.416 e. The predicted octanol–water partition coefficient (Wildman–Crippen LogP) is 5.33. The Kier molecular flexibility index (Phi) is 6.27. The number of nitrogens with one attached hydrogen (secondary N) is 1. The van der Waals surface area contributed by atoms with Crippen molar-refractivity contribution in [2.75, 3.05) is 41.3 Å². The molecular formula is C24H26F3N7O2. The summed E-state index contributed by atoms with van der Waals surface area (Å²) in [6.45, 7) is 5.10. The van der Waals surface area contributed by atoms with Gasteiger partial charge in [-0.3, -0.25) is 10.1 Å². The molecule has 2 fully saturated rings. The fraction of sp³-hybridized carbons (Fsp3) is 0.458. The molecule has 36 heavy (non-hydrogen) atoms. The average molecular weight is 502 g/mol. The number of hydrogen-bond acceptors (Lipinski definition) is 8. The van der Waals surface area contributed by atoms with Crippen molar-refractivity contribution >= 4 is 34.2 Å². The maximum absolute atomic E-state index is 13.4. The van der Waals surface area contributed by atoms with Crippen LogP contribution < -0.4 is 15.1 Å². The van der Waals surface area contributed by atoms with E-state index in [4.69, 9.17) is 9.97 Å². The lowest BCUT2D eigenvalue weighted by Gasteiger charge is -2.22. The van der Waals surface area contributed by atoms with Crippen LogP contribution in [0.2, 0.25) is 0 Å². The van der Waals surface area contributed by atoms with Crippen molar-refractivity contribution in [2.45, 2.75) is 44.8 Å². The zero-order valence-corrected chi connectivity index (χ0v) is 19.8. The number of rotatable bonds is 6. The van der Waals surface area contributed by atoms with Gasteiger partial charge in [0.25, 0.3) is 5.69 Å². The lowest BCUT2D eigenvalue weighted by molar-refractivity contribution is -0.385. The number of hydrogen-bond donors (Lipinski definition) is 1. The SMILES string of the molecule is C[C@@H](Nc1nc(N2CCCC2)nc2cnc(N3CCCC3)cc12)c1cc([N+](=O)[O-])cc(C(F)(F)F)c1. The molecule has 0 saturated carbocycles. The Balaban J connectivity index is 1.56. The monoisotopic (exact) mass is 501 g/mol. The van der Waals surface area contributed by atoms with Crippen LogP contribution in [0.3, 0.4) is 0 Å². The van der Waals surface area contributed by atoms with Crippen LogP contribution >= 0.6 is 0 Å². The number of halogens is 3. The fourth-order valence-corrected chi connectivity index (χ4v) is 4.74. The second kappa shape index (κ2) is 9.40. The van der Waals surface area contributed by atoms with Crippen molar-refractivity contribution in [1.82, 2.24) is 15.0 Å². The molecule has 0 radical (unpaired) electrons. The fourth-order valence-electron chi connectivity index (χ4n) is 4.74. The first-order valence-electron chi connectivity index (χ1n) is 12.0. The van der Waals surface area contributed by atoms with Crippen LogP contribution in [0.4, 0.5) is 36.4 Å². The number of nitrogens with zero attached hydrogens (tertiary/aromatic N) is 6. The summed E-state index contributed by atoms with van der Waals surface area (Å²) in [4.78, 5) is 28.8. The number of pyridine rings is 1. The lowest BCUT2D eigenvalue weighted by Crippen LogP contribution is -2.22. The second-order valence-corrected chi connectivity index (χ2v) is 9.25. The van der Waals surface area contributed by atoms with Gasteiger partial charge in [0.15, 0.2) is 0 Å². The predicted molar refractivity (Wildman–Crippen MR) is 130 cm³/mol. The summed E-state index contributed by atoms with van der Waals surface area (Å²) >= 11 is 0. The topological polar surface area (TPSA) is 100 Å². The Morgan fingerprint density at radius 2 is 1.67 bits per heavy atom. The Hall–Kier alpha value is -3.70. The van der Waals surface area contributed by atoms with Crippen molar-refractivity contribution < 1.29 is 18.1 Å². The Morgan fingerprint density at radius 1 is 1.00 bits per heavy atom. The molecule has 2 saturated heterocycles. The molecule has 4 heterocycles. The van der Waals surface area contributed by atoms with Gasteiger partial charge in [-0.25, -0.2) is 9.97 Å². The number of benzene rings is 1. The van der Waals surface area contributed by atoms with Gasteiger partial charge in [-0.15, -0.1) is 0 Å². The van der Waals surface area contributed by atoms with E-state index in [1.165, 1.54) is 0 Å². The average Bonchev–Trinajstić information content (AvgIpc) is 3.57. The van der Waals surface area contributed by atoms with E-state index in [1.807, 2.05) is 6.07 Å². The van der Waals surface area contributed by atoms with Gasteiger partial charge in [0, 0.05) is 43.7 Å². The molecule has 2 aliphatic rings. The summed E-state index contributed by atoms with van der Waals surface area (Å²) < 4.78 is 40.3. The zero-order chi connectivity index (χ0) is 25.4. The number of aromatic nitrogens is 3. The maximum Gasteiger partial charge on any atom is 0.416 e. The first kappa shape index (κ1) is 24.0. The number of anilines is 3. The summed E-state index contributed by atoms with van der Waals surface area (Å²) in [6.07, 6.45) is 1.22. The van der Waals surface area contributed by atoms with E-state index in [-0.39, 0.29) is 5.56 Å². The van der Waals surface area contributed by atoms with Gasteiger partial charge in [0.2, 0.25) is 5.95 Å². The molecule has 0 bridgehead atoms. The molecule has 1 N–H and O–H groups in total. The van der Waals surface area contributed by atoms with E-state index in [9.17, 15) is 23.3 Å². The number of nitro benzene ring substituents is 1. The molecule has 1 aromatic carbocycles. The summed E-state index contributed by atoms with van der Waals surface area (Å²) in [5.74, 6) is 1.78. The molecule has 5 rings (SSSR count). The van der Waals surface area contributed by atoms with E-state index in [0.717, 1.165) is 69.8 Å². The van der Waals surface area contributed by atoms with Crippen molar-refractivity contribution in [2.24, 2.45) is 0 Å². The highest BCUT2D eigenvalue weighted by Crippen LogP contribution is 2.36. The van der Waals surface area contributed by atoms with Crippen LogP contribution in [-0.4, -0.2) is 46.1 Å². The van der Waals surface area contributed by atoms with E-state index in [0.29, 0.717) is 28.7 Å². The Labute approximate surface area is 205 Å². The standard InChI is InChI=1S/C24H26F3N7O2/c1-15(16-10-17(24(25,26)27)12-18(11-16)34(35)36)29-22-19-13-21(32-6-2-3-7-32)28-14-20(19)30-23(31-22)33-8-4-5-9-33/h10-15H,2-9H2,1H3,(H,29,30,31)/t15-/m1/s1. The number of non-ortho nitro benzene ring substituents is 1. The minimum Gasteiger partial charge on any atom is -0.363 e. The highest BCUT2D eigenvalue weighted by atomic mass is 19.4. The number of fused-ring (bicyclic) bond motifs is 1. The van der Waals surface area contributed by atoms with Crippen LogP contribution in [0, 0.1) is 10.1 Å². The van der Waals surface area contributed by atoms with Gasteiger partial charge in [0.05, 0.1) is 28.2 Å². The molecule has 9 nitrogen and oxygen atoms in total. The van der Waals surface area contributed by atoms with Gasteiger partial charge in [-0.05, 0) is 50.3 Å². The molecule has 2 aliphatic heterocycles. The summed E-state index contributed by atoms with van der Waals surface area (Å²) in [5, 5.41) is 15.2. The number of nitro groups is 1. The molecule has 0 aliphatic carbocycles. The maximum atomic E-state index is 13.4. The zero-order valence-electron chi connectivity index (χ0n) is 19.8. The van der Waals surface area contributed by atoms with Crippen LogP contribution in [0.15, 0.2) is 30.5 Å². The molecule has 3 aromatic rings. The van der Waals surface area contributed by atoms with Crippen molar-refractivity contribution in [3.63, 3.8) is 0 Å². The third-order valence-corrected chi connectivity index (χ3v) is 6.71. The number of alkyl halides is 3. The van der Waals surface area contributed by atoms with E-state index < -0.39 is 28.4 Å². The summed E-state index contributed by atoms with van der Waals surface area (Å²) in [5.41, 5.74) is -0.912. The first-order valence-corrected chi connectivity index (χ1v) is 12.0. The second-order valence-electron chi connectivity index (χ2n) is 9.25. The third kappa shape index (κ3) is 4.84. The quantitative estimate of drug-likeness (QED) is 0.358. The first-order chi connectivity index (χ1) is 17.2. The third-order valence-electron chi connectivity index (χ3n) is 6.71.